The smallest absolute Gasteiger partial charge is 0.283 e. The normalized spacial score (nSPS) is 11.0. The summed E-state index contributed by atoms with van der Waals surface area (Å²) in [5.74, 6) is 0.119. The fraction of sp³-hybridized carbons (Fsp3) is 0. The summed E-state index contributed by atoms with van der Waals surface area (Å²) < 4.78 is 24.3. The van der Waals surface area contributed by atoms with Crippen molar-refractivity contribution in [3.63, 3.8) is 0 Å². The number of fused-ring (bicyclic) bond motifs is 1. The number of nitrogens with zero attached hydrogens (tertiary/aromatic N) is 3. The molecule has 0 amide bonds. The molecule has 0 atom stereocenters. The fourth-order valence-corrected chi connectivity index (χ4v) is 2.30. The van der Waals surface area contributed by atoms with E-state index in [9.17, 15) is 14.5 Å². The minimum atomic E-state index is -0.504. The van der Waals surface area contributed by atoms with E-state index in [0.717, 1.165) is 0 Å². The lowest BCUT2D eigenvalue weighted by Crippen LogP contribution is -1.85. The summed E-state index contributed by atoms with van der Waals surface area (Å²) in [6.45, 7) is 0. The van der Waals surface area contributed by atoms with Gasteiger partial charge in [0, 0.05) is 17.0 Å². The van der Waals surface area contributed by atoms with Crippen molar-refractivity contribution in [3.05, 3.63) is 64.5 Å². The molecule has 0 saturated carbocycles. The zero-order valence-corrected chi connectivity index (χ0v) is 12.0. The second-order valence-corrected chi connectivity index (χ2v) is 5.01. The molecule has 118 valence electrons. The number of furan rings is 1. The van der Waals surface area contributed by atoms with Gasteiger partial charge in [0.05, 0.1) is 11.0 Å². The van der Waals surface area contributed by atoms with E-state index in [1.807, 2.05) is 0 Å². The second kappa shape index (κ2) is 5.27. The first-order valence-corrected chi connectivity index (χ1v) is 6.88. The summed E-state index contributed by atoms with van der Waals surface area (Å²) in [5, 5.41) is 19.2. The van der Waals surface area contributed by atoms with Crippen LogP contribution in [0.25, 0.3) is 34.1 Å². The Labute approximate surface area is 133 Å². The van der Waals surface area contributed by atoms with E-state index in [4.69, 9.17) is 8.83 Å². The van der Waals surface area contributed by atoms with Crippen LogP contribution >= 0.6 is 0 Å². The molecule has 2 heterocycles. The maximum Gasteiger partial charge on any atom is 0.283 e. The van der Waals surface area contributed by atoms with Gasteiger partial charge in [-0.3, -0.25) is 10.1 Å². The number of rotatable bonds is 3. The number of aromatic nitrogens is 2. The van der Waals surface area contributed by atoms with Gasteiger partial charge >= 0.3 is 0 Å². The number of hydrogen-bond donors (Lipinski definition) is 0. The van der Waals surface area contributed by atoms with Gasteiger partial charge in [0.25, 0.3) is 11.6 Å². The van der Waals surface area contributed by atoms with E-state index < -0.39 is 10.7 Å². The third-order valence-electron chi connectivity index (χ3n) is 3.42. The van der Waals surface area contributed by atoms with Crippen molar-refractivity contribution < 1.29 is 18.1 Å². The lowest BCUT2D eigenvalue weighted by Gasteiger charge is -1.93. The lowest BCUT2D eigenvalue weighted by atomic mass is 10.2. The highest BCUT2D eigenvalue weighted by molar-refractivity contribution is 5.83. The number of hydrogen-bond acceptors (Lipinski definition) is 6. The van der Waals surface area contributed by atoms with Gasteiger partial charge in [-0.1, -0.05) is 6.07 Å². The molecule has 0 unspecified atom stereocenters. The topological polar surface area (TPSA) is 95.2 Å². The zero-order valence-electron chi connectivity index (χ0n) is 12.0. The molecule has 0 aliphatic carbocycles. The first-order chi connectivity index (χ1) is 11.6. The van der Waals surface area contributed by atoms with Gasteiger partial charge in [-0.2, -0.15) is 0 Å². The number of halogens is 1. The summed E-state index contributed by atoms with van der Waals surface area (Å²) in [5.41, 5.74) is 0.708. The molecule has 8 heteroatoms. The summed E-state index contributed by atoms with van der Waals surface area (Å²) in [7, 11) is 0. The van der Waals surface area contributed by atoms with Crippen LogP contribution < -0.4 is 0 Å². The molecular formula is C16H8FN3O4. The molecule has 0 radical (unpaired) electrons. The summed E-state index contributed by atoms with van der Waals surface area (Å²) in [4.78, 5) is 10.3. The Bertz CT molecular complexity index is 1070. The quantitative estimate of drug-likeness (QED) is 0.414. The van der Waals surface area contributed by atoms with Gasteiger partial charge in [-0.05, 0) is 30.3 Å². The van der Waals surface area contributed by atoms with Crippen LogP contribution in [0.2, 0.25) is 0 Å². The van der Waals surface area contributed by atoms with Gasteiger partial charge < -0.3 is 8.83 Å². The standard InChI is InChI=1S/C16H8FN3O4/c17-11-3-1-2-10(6-11)15-18-19-16(24-15)14-7-9-4-5-12(20(21)22)8-13(9)23-14/h1-8H. The third kappa shape index (κ3) is 2.39. The SMILES string of the molecule is O=[N+]([O-])c1ccc2cc(-c3nnc(-c4cccc(F)c4)o3)oc2c1. The van der Waals surface area contributed by atoms with Crippen LogP contribution in [0.1, 0.15) is 0 Å². The molecular weight excluding hydrogens is 317 g/mol. The van der Waals surface area contributed by atoms with Crippen molar-refractivity contribution >= 4 is 16.7 Å². The Hall–Kier alpha value is -3.55. The lowest BCUT2D eigenvalue weighted by molar-refractivity contribution is -0.384. The molecule has 0 spiro atoms. The van der Waals surface area contributed by atoms with Crippen molar-refractivity contribution in [2.24, 2.45) is 0 Å². The Morgan fingerprint density at radius 1 is 1.00 bits per heavy atom. The Kier molecular flexibility index (Phi) is 3.09. The van der Waals surface area contributed by atoms with Gasteiger partial charge in [0.1, 0.15) is 11.4 Å². The second-order valence-electron chi connectivity index (χ2n) is 5.01. The molecule has 4 rings (SSSR count). The molecule has 0 aliphatic rings. The highest BCUT2D eigenvalue weighted by Crippen LogP contribution is 2.31. The molecule has 2 aromatic carbocycles. The van der Waals surface area contributed by atoms with Gasteiger partial charge in [-0.15, -0.1) is 10.2 Å². The summed E-state index contributed by atoms with van der Waals surface area (Å²) in [6, 6.07) is 11.7. The molecule has 4 aromatic rings. The van der Waals surface area contributed by atoms with Crippen LogP contribution in [-0.2, 0) is 0 Å². The fourth-order valence-electron chi connectivity index (χ4n) is 2.30. The molecule has 24 heavy (non-hydrogen) atoms. The predicted octanol–water partition coefficient (Wildman–Crippen LogP) is 4.20. The van der Waals surface area contributed by atoms with Crippen molar-refractivity contribution in [1.82, 2.24) is 10.2 Å². The highest BCUT2D eigenvalue weighted by atomic mass is 19.1. The van der Waals surface area contributed by atoms with Crippen molar-refractivity contribution in [1.29, 1.82) is 0 Å². The maximum atomic E-state index is 13.3. The number of nitro groups is 1. The minimum Gasteiger partial charge on any atom is -0.451 e. The molecule has 0 fully saturated rings. The monoisotopic (exact) mass is 325 g/mol. The van der Waals surface area contributed by atoms with E-state index >= 15 is 0 Å². The largest absolute Gasteiger partial charge is 0.451 e. The summed E-state index contributed by atoms with van der Waals surface area (Å²) in [6.07, 6.45) is 0. The number of nitro benzene ring substituents is 1. The van der Waals surface area contributed by atoms with Crippen LogP contribution in [-0.4, -0.2) is 15.1 Å². The average Bonchev–Trinajstić information content (AvgIpc) is 3.20. The summed E-state index contributed by atoms with van der Waals surface area (Å²) >= 11 is 0. The molecule has 7 nitrogen and oxygen atoms in total. The van der Waals surface area contributed by atoms with E-state index in [-0.39, 0.29) is 23.2 Å². The minimum absolute atomic E-state index is 0.0746. The van der Waals surface area contributed by atoms with Gasteiger partial charge in [0.2, 0.25) is 5.89 Å². The molecule has 0 saturated heterocycles. The van der Waals surface area contributed by atoms with Crippen LogP contribution in [0.3, 0.4) is 0 Å². The van der Waals surface area contributed by atoms with Crippen LogP contribution in [0, 0.1) is 15.9 Å². The zero-order chi connectivity index (χ0) is 16.7. The third-order valence-corrected chi connectivity index (χ3v) is 3.42. The van der Waals surface area contributed by atoms with Gasteiger partial charge in [0.15, 0.2) is 5.76 Å². The number of non-ortho nitro benzene ring substituents is 1. The average molecular weight is 325 g/mol. The van der Waals surface area contributed by atoms with Gasteiger partial charge in [-0.25, -0.2) is 4.39 Å². The van der Waals surface area contributed by atoms with Crippen molar-refractivity contribution in [2.75, 3.05) is 0 Å². The van der Waals surface area contributed by atoms with E-state index in [2.05, 4.69) is 10.2 Å². The molecule has 0 bridgehead atoms. The highest BCUT2D eigenvalue weighted by Gasteiger charge is 2.16. The molecule has 2 aromatic heterocycles. The number of benzene rings is 2. The van der Waals surface area contributed by atoms with Crippen LogP contribution in [0.4, 0.5) is 10.1 Å². The van der Waals surface area contributed by atoms with E-state index in [1.54, 1.807) is 18.2 Å². The first kappa shape index (κ1) is 14.1. The van der Waals surface area contributed by atoms with Crippen LogP contribution in [0.15, 0.2) is 57.4 Å². The first-order valence-electron chi connectivity index (χ1n) is 6.88. The maximum absolute atomic E-state index is 13.3. The van der Waals surface area contributed by atoms with Crippen molar-refractivity contribution in [2.45, 2.75) is 0 Å². The Morgan fingerprint density at radius 3 is 2.62 bits per heavy atom. The Balaban J connectivity index is 1.74. The Morgan fingerprint density at radius 2 is 1.83 bits per heavy atom. The molecule has 0 aliphatic heterocycles. The predicted molar refractivity (Wildman–Crippen MR) is 81.6 cm³/mol. The van der Waals surface area contributed by atoms with E-state index in [0.29, 0.717) is 16.5 Å². The van der Waals surface area contributed by atoms with E-state index in [1.165, 1.54) is 30.3 Å². The molecule has 0 N–H and O–H groups in total. The van der Waals surface area contributed by atoms with Crippen molar-refractivity contribution in [3.8, 4) is 23.1 Å². The van der Waals surface area contributed by atoms with Crippen LogP contribution in [0.5, 0.6) is 0 Å².